The Bertz CT molecular complexity index is 2160. The molecule has 6 nitrogen and oxygen atoms in total. The Kier molecular flexibility index (Phi) is 15.6. The fraction of sp³-hybridized carbons (Fsp3) is 0.488. The minimum atomic E-state index is -9.03. The van der Waals surface area contributed by atoms with Crippen LogP contribution >= 0.6 is 0 Å². The van der Waals surface area contributed by atoms with Crippen molar-refractivity contribution in [2.75, 3.05) is 33.0 Å². The van der Waals surface area contributed by atoms with E-state index in [9.17, 15) is 88.2 Å². The molecule has 1 aliphatic heterocycles. The van der Waals surface area contributed by atoms with Crippen LogP contribution in [-0.4, -0.2) is 92.7 Å². The van der Waals surface area contributed by atoms with Crippen LogP contribution in [0.25, 0.3) is 0 Å². The second-order valence-corrected chi connectivity index (χ2v) is 15.0. The molecule has 0 aliphatic carbocycles. The smallest absolute Gasteiger partial charge is 0.471 e. The van der Waals surface area contributed by atoms with Gasteiger partial charge in [0.2, 0.25) is 0 Å². The molecule has 0 saturated carbocycles. The molecule has 0 aromatic heterocycles. The second-order valence-electron chi connectivity index (χ2n) is 15.0. The first kappa shape index (κ1) is 53.5. The zero-order valence-corrected chi connectivity index (χ0v) is 33.4. The summed E-state index contributed by atoms with van der Waals surface area (Å²) in [5.74, 6) is -57.9. The summed E-state index contributed by atoms with van der Waals surface area (Å²) >= 11 is 0. The number of esters is 1. The van der Waals surface area contributed by atoms with Gasteiger partial charge in [-0.15, -0.1) is 0 Å². The van der Waals surface area contributed by atoms with E-state index in [0.29, 0.717) is 50.9 Å². The van der Waals surface area contributed by atoms with Gasteiger partial charge in [-0.05, 0) is 92.1 Å². The molecule has 366 valence electrons. The van der Waals surface area contributed by atoms with E-state index in [1.165, 1.54) is 36.4 Å². The molecule has 1 fully saturated rings. The Hall–Kier alpha value is -5.12. The summed E-state index contributed by atoms with van der Waals surface area (Å²) in [6, 6.07) is 13.1. The molecule has 1 aliphatic rings. The summed E-state index contributed by atoms with van der Waals surface area (Å²) < 4.78 is 283. The van der Waals surface area contributed by atoms with Crippen molar-refractivity contribution >= 4 is 5.97 Å². The number of hydrogen-bond donors (Lipinski definition) is 0. The van der Waals surface area contributed by atoms with E-state index in [4.69, 9.17) is 18.9 Å². The van der Waals surface area contributed by atoms with Crippen LogP contribution in [-0.2, 0) is 9.47 Å². The van der Waals surface area contributed by atoms with Gasteiger partial charge in [0.05, 0.1) is 32.0 Å². The summed E-state index contributed by atoms with van der Waals surface area (Å²) in [4.78, 5) is 12.6. The van der Waals surface area contributed by atoms with Crippen molar-refractivity contribution in [1.29, 1.82) is 0 Å². The highest BCUT2D eigenvalue weighted by molar-refractivity contribution is 5.91. The van der Waals surface area contributed by atoms with E-state index >= 15 is 0 Å². The zero-order chi connectivity index (χ0) is 49.8. The van der Waals surface area contributed by atoms with Crippen molar-refractivity contribution in [3.63, 3.8) is 0 Å². The topological polar surface area (TPSA) is 63.2 Å². The van der Waals surface area contributed by atoms with Gasteiger partial charge < -0.3 is 23.7 Å². The Morgan fingerprint density at radius 3 is 1.38 bits per heavy atom. The van der Waals surface area contributed by atoms with Crippen LogP contribution in [0, 0.1) is 17.3 Å². The largest absolute Gasteiger partial charge is 0.494 e. The third kappa shape index (κ3) is 10.7. The van der Waals surface area contributed by atoms with Crippen LogP contribution in [0.4, 0.5) is 83.4 Å². The number of rotatable bonds is 21. The minimum absolute atomic E-state index is 0.0449. The summed E-state index contributed by atoms with van der Waals surface area (Å²) in [6.07, 6.45) is -11.5. The average molecular weight is 983 g/mol. The van der Waals surface area contributed by atoms with Gasteiger partial charge in [0.15, 0.2) is 0 Å². The zero-order valence-electron chi connectivity index (χ0n) is 33.4. The van der Waals surface area contributed by atoms with Crippen LogP contribution < -0.4 is 14.2 Å². The number of unbranched alkanes of at least 4 members (excludes halogenated alkanes) is 3. The number of carbonyl (C=O) groups is 1. The maximum absolute atomic E-state index is 14.3. The number of carbonyl (C=O) groups excluding carboxylic acids is 1. The first-order chi connectivity index (χ1) is 30.2. The van der Waals surface area contributed by atoms with Crippen LogP contribution in [0.3, 0.4) is 0 Å². The van der Waals surface area contributed by atoms with E-state index in [0.717, 1.165) is 25.7 Å². The van der Waals surface area contributed by atoms with Crippen molar-refractivity contribution in [1.82, 2.24) is 0 Å². The molecule has 0 N–H and O–H groups in total. The Morgan fingerprint density at radius 1 is 0.530 bits per heavy atom. The van der Waals surface area contributed by atoms with Crippen molar-refractivity contribution in [3.05, 3.63) is 89.5 Å². The molecule has 25 heteroatoms. The maximum atomic E-state index is 14.3. The lowest BCUT2D eigenvalue weighted by Crippen LogP contribution is -2.76. The van der Waals surface area contributed by atoms with Crippen LogP contribution in [0.5, 0.6) is 17.2 Å². The van der Waals surface area contributed by atoms with Gasteiger partial charge in [0, 0.05) is 23.1 Å². The van der Waals surface area contributed by atoms with Gasteiger partial charge in [-0.1, -0.05) is 25.2 Å². The van der Waals surface area contributed by atoms with Gasteiger partial charge in [0.1, 0.15) is 17.2 Å². The molecule has 66 heavy (non-hydrogen) atoms. The molecule has 0 bridgehead atoms. The van der Waals surface area contributed by atoms with E-state index in [-0.39, 0.29) is 40.0 Å². The molecule has 4 rings (SSSR count). The van der Waals surface area contributed by atoms with Gasteiger partial charge >= 0.3 is 59.7 Å². The van der Waals surface area contributed by atoms with E-state index < -0.39 is 65.5 Å². The Balaban J connectivity index is 1.30. The lowest BCUT2D eigenvalue weighted by Gasteiger charge is -2.43. The van der Waals surface area contributed by atoms with Gasteiger partial charge in [0.25, 0.3) is 0 Å². The monoisotopic (exact) mass is 982 g/mol. The lowest BCUT2D eigenvalue weighted by atomic mass is 9.88. The molecule has 1 heterocycles. The predicted octanol–water partition coefficient (Wildman–Crippen LogP) is 12.3. The lowest BCUT2D eigenvalue weighted by molar-refractivity contribution is -0.476. The Labute approximate surface area is 361 Å². The quantitative estimate of drug-likeness (QED) is 0.0348. The highest BCUT2D eigenvalue weighted by atomic mass is 19.4. The number of benzene rings is 3. The second kappa shape index (κ2) is 19.2. The average Bonchev–Trinajstić information content (AvgIpc) is 3.21. The first-order valence-electron chi connectivity index (χ1n) is 18.8. The molecular weight excluding hydrogens is 949 g/mol. The standard InChI is InChI=1S/C41H33F19O6/c1-32(23-63-24-32)22-62-20-4-2-3-5-21-64-28-18-12-27(13-19-28)31(61)65-29-14-8-25(9-15-29)6-7-26-10-16-30(17-11-26)66-41(59,60)39(54,55)37(50,51)35(46,47)33(42,43)34(44,45)36(48,49)38(52,53)40(56,57)58/h8-19H,2-5,20-24H2,1H3. The number of ether oxygens (including phenoxy) is 5. The molecule has 0 amide bonds. The molecule has 0 spiro atoms. The first-order valence-corrected chi connectivity index (χ1v) is 18.8. The summed E-state index contributed by atoms with van der Waals surface area (Å²) in [5.41, 5.74) is 0.256. The van der Waals surface area contributed by atoms with Crippen molar-refractivity contribution in [2.45, 2.75) is 86.3 Å². The molecule has 0 unspecified atom stereocenters. The van der Waals surface area contributed by atoms with Crippen molar-refractivity contribution < 1.29 is 112 Å². The van der Waals surface area contributed by atoms with E-state index in [1.807, 2.05) is 0 Å². The molecule has 3 aromatic carbocycles. The highest BCUT2D eigenvalue weighted by Gasteiger charge is 2.97. The fourth-order valence-corrected chi connectivity index (χ4v) is 5.47. The minimum Gasteiger partial charge on any atom is -0.494 e. The summed E-state index contributed by atoms with van der Waals surface area (Å²) in [7, 11) is 0. The normalized spacial score (nSPS) is 15.3. The number of alkyl halides is 19. The molecule has 3 aromatic rings. The van der Waals surface area contributed by atoms with Crippen LogP contribution in [0.1, 0.15) is 54.1 Å². The highest BCUT2D eigenvalue weighted by Crippen LogP contribution is 2.65. The number of hydrogen-bond acceptors (Lipinski definition) is 6. The third-order valence-electron chi connectivity index (χ3n) is 9.50. The Morgan fingerprint density at radius 2 is 0.939 bits per heavy atom. The van der Waals surface area contributed by atoms with Crippen molar-refractivity contribution in [3.8, 4) is 29.1 Å². The third-order valence-corrected chi connectivity index (χ3v) is 9.50. The summed E-state index contributed by atoms with van der Waals surface area (Å²) in [6.45, 7) is 5.30. The van der Waals surface area contributed by atoms with Crippen LogP contribution in [0.2, 0.25) is 0 Å². The van der Waals surface area contributed by atoms with Crippen molar-refractivity contribution in [2.24, 2.45) is 5.41 Å². The SMILES string of the molecule is CC1(COCCCCCCOc2ccc(C(=O)Oc3ccc(C#Cc4ccc(OC(F)(F)C(F)(F)C(F)(F)C(F)(F)C(F)(F)C(F)(F)C(F)(F)C(F)(F)C(F)(F)F)cc4)cc3)cc2)COC1. The van der Waals surface area contributed by atoms with E-state index in [1.54, 1.807) is 12.1 Å². The molecule has 0 radical (unpaired) electrons. The van der Waals surface area contributed by atoms with Crippen LogP contribution in [0.15, 0.2) is 72.8 Å². The molecule has 1 saturated heterocycles. The molecular formula is C41H33F19O6. The van der Waals surface area contributed by atoms with Gasteiger partial charge in [-0.2, -0.15) is 83.4 Å². The maximum Gasteiger partial charge on any atom is 0.471 e. The van der Waals surface area contributed by atoms with Gasteiger partial charge in [-0.25, -0.2) is 4.79 Å². The van der Waals surface area contributed by atoms with Gasteiger partial charge in [-0.3, -0.25) is 0 Å². The molecule has 0 atom stereocenters. The predicted molar refractivity (Wildman–Crippen MR) is 190 cm³/mol. The fourth-order valence-electron chi connectivity index (χ4n) is 5.47. The number of halogens is 19. The van der Waals surface area contributed by atoms with E-state index in [2.05, 4.69) is 23.5 Å². The summed E-state index contributed by atoms with van der Waals surface area (Å²) in [5, 5.41) is 0.